The van der Waals surface area contributed by atoms with Gasteiger partial charge in [-0.25, -0.2) is 9.59 Å². The first-order valence-corrected chi connectivity index (χ1v) is 15.4. The van der Waals surface area contributed by atoms with E-state index in [4.69, 9.17) is 4.74 Å². The Morgan fingerprint density at radius 3 is 2.17 bits per heavy atom. The molecule has 3 N–H and O–H groups in total. The molecule has 0 saturated heterocycles. The van der Waals surface area contributed by atoms with Crippen LogP contribution in [0.15, 0.2) is 53.3 Å². The molecule has 3 rings (SSSR count). The lowest BCUT2D eigenvalue weighted by Gasteiger charge is -2.40. The Morgan fingerprint density at radius 2 is 1.62 bits per heavy atom. The Balaban J connectivity index is 2.15. The number of aromatic carboxylic acids is 1. The Labute approximate surface area is 235 Å². The van der Waals surface area contributed by atoms with Gasteiger partial charge in [-0.3, -0.25) is 13.9 Å². The van der Waals surface area contributed by atoms with Gasteiger partial charge in [0.2, 0.25) is 5.56 Å². The maximum absolute atomic E-state index is 14.1. The lowest BCUT2D eigenvalue weighted by molar-refractivity contribution is 0.0159. The quantitative estimate of drug-likeness (QED) is 0.287. The molecule has 0 bridgehead atoms. The molecule has 3 aromatic rings. The van der Waals surface area contributed by atoms with Crippen LogP contribution < -0.4 is 5.56 Å². The molecular weight excluding hydrogens is 532 g/mol. The number of nitrogens with one attached hydrogen (secondary N) is 1. The standard InChI is InChI=1S/C30H40N2O7S/c1-29(2,3)39-28(37)32(17-19-8-10-20(11-9-19)27(35)36)22(18-40(7,38)30(4,5)6)16-21-12-14-24(33)26-23(21)13-15-25(34)31-26/h8-15,22,33,40H,16-18H2,1-7H3,(H,31,34)(H,35,36). The van der Waals surface area contributed by atoms with Crippen molar-refractivity contribution in [2.75, 3.05) is 12.0 Å². The van der Waals surface area contributed by atoms with E-state index in [2.05, 4.69) is 4.98 Å². The molecule has 1 unspecified atom stereocenters. The summed E-state index contributed by atoms with van der Waals surface area (Å²) >= 11 is 0. The van der Waals surface area contributed by atoms with Crippen LogP contribution in [0.2, 0.25) is 0 Å². The number of aromatic amines is 1. The van der Waals surface area contributed by atoms with Gasteiger partial charge in [0.25, 0.3) is 0 Å². The Kier molecular flexibility index (Phi) is 8.84. The second kappa shape index (κ2) is 11.4. The van der Waals surface area contributed by atoms with Gasteiger partial charge in [0.15, 0.2) is 0 Å². The molecule has 40 heavy (non-hydrogen) atoms. The number of phenols is 1. The molecule has 218 valence electrons. The van der Waals surface area contributed by atoms with Gasteiger partial charge in [-0.15, -0.1) is 0 Å². The fraction of sp³-hybridized carbons (Fsp3) is 0.433. The minimum Gasteiger partial charge on any atom is -0.506 e. The minimum atomic E-state index is -2.85. The number of benzene rings is 2. The number of H-pyrrole nitrogens is 1. The molecule has 0 aliphatic carbocycles. The van der Waals surface area contributed by atoms with Gasteiger partial charge in [0.1, 0.15) is 11.4 Å². The monoisotopic (exact) mass is 572 g/mol. The van der Waals surface area contributed by atoms with Crippen LogP contribution in [0, 0.1) is 0 Å². The van der Waals surface area contributed by atoms with E-state index in [1.165, 1.54) is 24.3 Å². The third-order valence-electron chi connectivity index (χ3n) is 7.02. The SMILES string of the molecule is CC(C)(C)OC(=O)N(Cc1ccc(C(=O)O)cc1)C(Cc1ccc(O)c2[nH]c(=O)ccc12)C[SH](C)(=O)C(C)(C)C. The fourth-order valence-corrected chi connectivity index (χ4v) is 5.97. The van der Waals surface area contributed by atoms with E-state index in [0.717, 1.165) is 5.56 Å². The minimum absolute atomic E-state index is 0.0774. The number of ether oxygens (including phenoxy) is 1. The van der Waals surface area contributed by atoms with Crippen LogP contribution in [0.1, 0.15) is 63.0 Å². The molecule has 1 amide bonds. The zero-order valence-corrected chi connectivity index (χ0v) is 25.0. The summed E-state index contributed by atoms with van der Waals surface area (Å²) in [5.74, 6) is -0.941. The van der Waals surface area contributed by atoms with E-state index in [0.29, 0.717) is 10.9 Å². The predicted octanol–water partition coefficient (Wildman–Crippen LogP) is 4.73. The maximum Gasteiger partial charge on any atom is 0.410 e. The van der Waals surface area contributed by atoms with Gasteiger partial charge in [-0.05, 0) is 68.8 Å². The van der Waals surface area contributed by atoms with Crippen molar-refractivity contribution in [3.05, 3.63) is 75.6 Å². The average Bonchev–Trinajstić information content (AvgIpc) is 2.82. The summed E-state index contributed by atoms with van der Waals surface area (Å²) in [6.45, 7) is 11.1. The summed E-state index contributed by atoms with van der Waals surface area (Å²) in [5, 5.41) is 20.3. The smallest absolute Gasteiger partial charge is 0.410 e. The second-order valence-corrected chi connectivity index (χ2v) is 16.2. The molecule has 2 aromatic carbocycles. The number of aromatic nitrogens is 1. The summed E-state index contributed by atoms with van der Waals surface area (Å²) in [6, 6.07) is 11.9. The highest BCUT2D eigenvalue weighted by molar-refractivity contribution is 8.03. The number of carbonyl (C=O) groups is 2. The van der Waals surface area contributed by atoms with Crippen LogP contribution in [0.3, 0.4) is 0 Å². The van der Waals surface area contributed by atoms with Gasteiger partial charge < -0.3 is 19.9 Å². The Hall–Kier alpha value is -3.66. The molecule has 1 atom stereocenters. The van der Waals surface area contributed by atoms with Crippen LogP contribution in [0.25, 0.3) is 10.9 Å². The van der Waals surface area contributed by atoms with E-state index >= 15 is 0 Å². The molecule has 0 aliphatic rings. The lowest BCUT2D eigenvalue weighted by atomic mass is 10.00. The first-order chi connectivity index (χ1) is 18.4. The number of carbonyl (C=O) groups excluding carboxylic acids is 1. The van der Waals surface area contributed by atoms with E-state index in [1.54, 1.807) is 56.2 Å². The van der Waals surface area contributed by atoms with Crippen molar-refractivity contribution < 1.29 is 28.7 Å². The first-order valence-electron chi connectivity index (χ1n) is 13.1. The van der Waals surface area contributed by atoms with Gasteiger partial charge in [-0.2, -0.15) is 0 Å². The molecule has 10 heteroatoms. The van der Waals surface area contributed by atoms with Crippen molar-refractivity contribution in [1.29, 1.82) is 0 Å². The van der Waals surface area contributed by atoms with Crippen molar-refractivity contribution in [1.82, 2.24) is 9.88 Å². The number of carboxylic acids is 1. The molecule has 0 saturated carbocycles. The number of amides is 1. The molecule has 0 aliphatic heterocycles. The van der Waals surface area contributed by atoms with Crippen LogP contribution in [-0.4, -0.2) is 64.8 Å². The number of rotatable bonds is 8. The number of aromatic hydroxyl groups is 1. The zero-order valence-electron chi connectivity index (χ0n) is 24.1. The fourth-order valence-electron chi connectivity index (χ4n) is 4.29. The van der Waals surface area contributed by atoms with E-state index in [-0.39, 0.29) is 41.1 Å². The number of pyridine rings is 1. The van der Waals surface area contributed by atoms with Crippen LogP contribution >= 0.6 is 0 Å². The Morgan fingerprint density at radius 1 is 1.00 bits per heavy atom. The first kappa shape index (κ1) is 30.9. The number of carboxylic acid groups (broad SMARTS) is 1. The normalized spacial score (nSPS) is 13.6. The molecule has 0 spiro atoms. The van der Waals surface area contributed by atoms with Crippen LogP contribution in [-0.2, 0) is 27.6 Å². The third-order valence-corrected chi connectivity index (χ3v) is 11.0. The number of fused-ring (bicyclic) bond motifs is 1. The maximum atomic E-state index is 14.1. The highest BCUT2D eigenvalue weighted by atomic mass is 32.2. The molecule has 0 fully saturated rings. The summed E-state index contributed by atoms with van der Waals surface area (Å²) in [4.78, 5) is 41.2. The second-order valence-electron chi connectivity index (χ2n) is 12.3. The number of nitrogens with zero attached hydrogens (tertiary/aromatic N) is 1. The van der Waals surface area contributed by atoms with Crippen molar-refractivity contribution in [2.24, 2.45) is 0 Å². The van der Waals surface area contributed by atoms with E-state index < -0.39 is 38.4 Å². The average molecular weight is 573 g/mol. The van der Waals surface area contributed by atoms with Crippen molar-refractivity contribution >= 4 is 32.9 Å². The molecular formula is C30H40N2O7S. The summed E-state index contributed by atoms with van der Waals surface area (Å²) in [5.41, 5.74) is 0.687. The van der Waals surface area contributed by atoms with Gasteiger partial charge in [-0.1, -0.05) is 48.9 Å². The van der Waals surface area contributed by atoms with Crippen molar-refractivity contribution in [3.63, 3.8) is 0 Å². The molecule has 0 radical (unpaired) electrons. The highest BCUT2D eigenvalue weighted by Crippen LogP contribution is 2.30. The largest absolute Gasteiger partial charge is 0.506 e. The summed E-state index contributed by atoms with van der Waals surface area (Å²) in [6.07, 6.45) is 1.41. The van der Waals surface area contributed by atoms with Crippen LogP contribution in [0.5, 0.6) is 5.75 Å². The van der Waals surface area contributed by atoms with Crippen LogP contribution in [0.4, 0.5) is 4.79 Å². The number of thiol groups is 1. The summed E-state index contributed by atoms with van der Waals surface area (Å²) in [7, 11) is -2.85. The molecule has 1 aromatic heterocycles. The van der Waals surface area contributed by atoms with Gasteiger partial charge in [0.05, 0.1) is 11.1 Å². The van der Waals surface area contributed by atoms with Gasteiger partial charge >= 0.3 is 12.1 Å². The topological polar surface area (TPSA) is 137 Å². The highest BCUT2D eigenvalue weighted by Gasteiger charge is 2.35. The Bertz CT molecular complexity index is 1500. The van der Waals surface area contributed by atoms with E-state index in [1.807, 2.05) is 20.8 Å². The third kappa shape index (κ3) is 7.50. The molecule has 9 nitrogen and oxygen atoms in total. The number of hydrogen-bond acceptors (Lipinski definition) is 6. The predicted molar refractivity (Wildman–Crippen MR) is 159 cm³/mol. The van der Waals surface area contributed by atoms with E-state index in [9.17, 15) is 28.8 Å². The lowest BCUT2D eigenvalue weighted by Crippen LogP contribution is -2.51. The zero-order chi connectivity index (χ0) is 30.0. The number of hydrogen-bond donors (Lipinski definition) is 4. The molecule has 1 heterocycles. The summed E-state index contributed by atoms with van der Waals surface area (Å²) < 4.78 is 19.3. The number of phenolic OH excluding ortho intramolecular Hbond substituents is 1. The van der Waals surface area contributed by atoms with Gasteiger partial charge in [0, 0.05) is 34.5 Å². The van der Waals surface area contributed by atoms with Crippen molar-refractivity contribution in [2.45, 2.75) is 70.9 Å². The van der Waals surface area contributed by atoms with Crippen molar-refractivity contribution in [3.8, 4) is 5.75 Å².